The Morgan fingerprint density at radius 1 is 1.38 bits per heavy atom. The van der Waals surface area contributed by atoms with Crippen molar-refractivity contribution in [2.45, 2.75) is 38.8 Å². The van der Waals surface area contributed by atoms with E-state index in [2.05, 4.69) is 29.3 Å². The number of hydrogen-bond donors (Lipinski definition) is 1. The second-order valence-electron chi connectivity index (χ2n) is 6.32. The predicted octanol–water partition coefficient (Wildman–Crippen LogP) is 1.62. The highest BCUT2D eigenvalue weighted by molar-refractivity contribution is 5.92. The number of carbonyl (C=O) groups is 1. The molecule has 2 atom stereocenters. The monoisotopic (exact) mass is 288 g/mol. The van der Waals surface area contributed by atoms with E-state index < -0.39 is 0 Å². The molecule has 0 saturated carbocycles. The fourth-order valence-corrected chi connectivity index (χ4v) is 3.27. The fourth-order valence-electron chi connectivity index (χ4n) is 3.27. The molecule has 0 spiro atoms. The van der Waals surface area contributed by atoms with Gasteiger partial charge in [0.05, 0.1) is 5.56 Å². The molecule has 1 N–H and O–H groups in total. The van der Waals surface area contributed by atoms with E-state index in [-0.39, 0.29) is 12.1 Å². The van der Waals surface area contributed by atoms with Crippen LogP contribution in [0.1, 0.15) is 35.3 Å². The number of piperazine rings is 1. The first-order valence-electron chi connectivity index (χ1n) is 7.90. The van der Waals surface area contributed by atoms with Crippen molar-refractivity contribution in [1.29, 1.82) is 0 Å². The molecule has 3 rings (SSSR count). The summed E-state index contributed by atoms with van der Waals surface area (Å²) in [7, 11) is 0. The highest BCUT2D eigenvalue weighted by Gasteiger charge is 2.23. The fraction of sp³-hybridized carbons (Fsp3) is 0.588. The summed E-state index contributed by atoms with van der Waals surface area (Å²) in [6.07, 6.45) is 1.87. The molecule has 21 heavy (non-hydrogen) atoms. The summed E-state index contributed by atoms with van der Waals surface area (Å²) in [5, 5.41) is 3.47. The number of fused-ring (bicyclic) bond motifs is 1. The van der Waals surface area contributed by atoms with E-state index in [1.54, 1.807) is 0 Å². The average molecular weight is 288 g/mol. The highest BCUT2D eigenvalue weighted by Crippen LogP contribution is 2.22. The Balaban J connectivity index is 1.64. The van der Waals surface area contributed by atoms with Gasteiger partial charge in [-0.2, -0.15) is 0 Å². The van der Waals surface area contributed by atoms with Crippen LogP contribution in [0, 0.1) is 0 Å². The van der Waals surface area contributed by atoms with Crippen molar-refractivity contribution in [3.8, 4) is 0 Å². The van der Waals surface area contributed by atoms with Gasteiger partial charge in [-0.3, -0.25) is 0 Å². The lowest BCUT2D eigenvalue weighted by atomic mass is 9.96. The van der Waals surface area contributed by atoms with Crippen LogP contribution in [0.15, 0.2) is 18.2 Å². The van der Waals surface area contributed by atoms with Gasteiger partial charge in [-0.05, 0) is 37.5 Å². The van der Waals surface area contributed by atoms with E-state index in [1.165, 1.54) is 5.56 Å². The first-order valence-corrected chi connectivity index (χ1v) is 7.90. The van der Waals surface area contributed by atoms with Gasteiger partial charge in [0.1, 0.15) is 6.10 Å². The summed E-state index contributed by atoms with van der Waals surface area (Å²) in [6, 6.07) is 6.77. The van der Waals surface area contributed by atoms with Gasteiger partial charge in [0.2, 0.25) is 0 Å². The number of hydrogen-bond acceptors (Lipinski definition) is 4. The van der Waals surface area contributed by atoms with E-state index >= 15 is 0 Å². The van der Waals surface area contributed by atoms with Gasteiger partial charge in [0.25, 0.3) is 0 Å². The number of ether oxygens (including phenoxy) is 1. The molecule has 2 aliphatic heterocycles. The topological polar surface area (TPSA) is 41.6 Å². The molecule has 4 nitrogen and oxygen atoms in total. The lowest BCUT2D eigenvalue weighted by Gasteiger charge is -2.31. The van der Waals surface area contributed by atoms with Crippen molar-refractivity contribution in [2.75, 3.05) is 26.2 Å². The molecule has 4 heteroatoms. The zero-order valence-electron chi connectivity index (χ0n) is 12.9. The normalized spacial score (nSPS) is 26.3. The summed E-state index contributed by atoms with van der Waals surface area (Å²) in [4.78, 5) is 14.3. The minimum atomic E-state index is -0.175. The van der Waals surface area contributed by atoms with Crippen LogP contribution in [0.4, 0.5) is 0 Å². The zero-order valence-corrected chi connectivity index (χ0v) is 12.9. The molecular weight excluding hydrogens is 264 g/mol. The maximum absolute atomic E-state index is 11.8. The van der Waals surface area contributed by atoms with E-state index in [0.717, 1.165) is 50.1 Å². The molecule has 1 aromatic carbocycles. The number of esters is 1. The second-order valence-corrected chi connectivity index (χ2v) is 6.32. The molecule has 0 unspecified atom stereocenters. The Bertz CT molecular complexity index is 530. The molecule has 1 aromatic rings. The Morgan fingerprint density at radius 3 is 3.05 bits per heavy atom. The second kappa shape index (κ2) is 6.16. The van der Waals surface area contributed by atoms with Crippen molar-refractivity contribution in [3.05, 3.63) is 34.9 Å². The highest BCUT2D eigenvalue weighted by atomic mass is 16.5. The molecule has 1 saturated heterocycles. The van der Waals surface area contributed by atoms with Crippen molar-refractivity contribution in [2.24, 2.45) is 0 Å². The molecule has 2 heterocycles. The lowest BCUT2D eigenvalue weighted by Crippen LogP contribution is -2.49. The zero-order chi connectivity index (χ0) is 14.8. The molecule has 0 amide bonds. The smallest absolute Gasteiger partial charge is 0.338 e. The van der Waals surface area contributed by atoms with Crippen molar-refractivity contribution < 1.29 is 9.53 Å². The minimum Gasteiger partial charge on any atom is -0.459 e. The Kier molecular flexibility index (Phi) is 4.27. The Morgan fingerprint density at radius 2 is 2.24 bits per heavy atom. The Labute approximate surface area is 126 Å². The number of benzene rings is 1. The standard InChI is InChI=1S/C17H24N2O2/c1-12-11-19(8-6-18-12)7-5-14-3-4-16-15(10-14)9-13(2)21-17(16)20/h3-4,10,12-13,18H,5-9,11H2,1-2H3/t12-,13-/m1/s1. The third-order valence-electron chi connectivity index (χ3n) is 4.37. The summed E-state index contributed by atoms with van der Waals surface area (Å²) >= 11 is 0. The van der Waals surface area contributed by atoms with E-state index in [1.807, 2.05) is 13.0 Å². The van der Waals surface area contributed by atoms with Crippen LogP contribution < -0.4 is 5.32 Å². The number of nitrogens with zero attached hydrogens (tertiary/aromatic N) is 1. The third-order valence-corrected chi connectivity index (χ3v) is 4.37. The molecule has 0 radical (unpaired) electrons. The van der Waals surface area contributed by atoms with Crippen molar-refractivity contribution in [3.63, 3.8) is 0 Å². The number of rotatable bonds is 3. The van der Waals surface area contributed by atoms with Crippen molar-refractivity contribution >= 4 is 5.97 Å². The van der Waals surface area contributed by atoms with E-state index in [9.17, 15) is 4.79 Å². The molecule has 1 fully saturated rings. The van der Waals surface area contributed by atoms with Crippen LogP contribution in [-0.4, -0.2) is 49.2 Å². The summed E-state index contributed by atoms with van der Waals surface area (Å²) < 4.78 is 5.27. The molecule has 0 aliphatic carbocycles. The van der Waals surface area contributed by atoms with Gasteiger partial charge in [0.15, 0.2) is 0 Å². The largest absolute Gasteiger partial charge is 0.459 e. The predicted molar refractivity (Wildman–Crippen MR) is 82.6 cm³/mol. The van der Waals surface area contributed by atoms with Gasteiger partial charge in [-0.15, -0.1) is 0 Å². The van der Waals surface area contributed by atoms with Crippen LogP contribution in [-0.2, 0) is 17.6 Å². The lowest BCUT2D eigenvalue weighted by molar-refractivity contribution is 0.0301. The minimum absolute atomic E-state index is 0.00531. The van der Waals surface area contributed by atoms with Gasteiger partial charge >= 0.3 is 5.97 Å². The number of nitrogens with one attached hydrogen (secondary N) is 1. The summed E-state index contributed by atoms with van der Waals surface area (Å²) in [5.41, 5.74) is 3.21. The van der Waals surface area contributed by atoms with Gasteiger partial charge < -0.3 is 15.0 Å². The Hall–Kier alpha value is -1.39. The van der Waals surface area contributed by atoms with Gasteiger partial charge in [0, 0.05) is 38.6 Å². The molecule has 114 valence electrons. The van der Waals surface area contributed by atoms with Gasteiger partial charge in [-0.25, -0.2) is 4.79 Å². The SMILES string of the molecule is C[C@@H]1CN(CCc2ccc3c(c2)C[C@@H](C)OC3=O)CCN1. The number of carbonyl (C=O) groups excluding carboxylic acids is 1. The maximum atomic E-state index is 11.8. The summed E-state index contributed by atoms with van der Waals surface area (Å²) in [5.74, 6) is -0.175. The summed E-state index contributed by atoms with van der Waals surface area (Å²) in [6.45, 7) is 8.60. The molecular formula is C17H24N2O2. The average Bonchev–Trinajstić information content (AvgIpc) is 2.44. The molecule has 2 aliphatic rings. The van der Waals surface area contributed by atoms with Crippen molar-refractivity contribution in [1.82, 2.24) is 10.2 Å². The molecule has 0 bridgehead atoms. The van der Waals surface area contributed by atoms with E-state index in [0.29, 0.717) is 6.04 Å². The first kappa shape index (κ1) is 14.5. The van der Waals surface area contributed by atoms with Crippen LogP contribution in [0.5, 0.6) is 0 Å². The molecule has 0 aromatic heterocycles. The quantitative estimate of drug-likeness (QED) is 0.858. The number of cyclic esters (lactones) is 1. The third kappa shape index (κ3) is 3.44. The van der Waals surface area contributed by atoms with Crippen LogP contribution >= 0.6 is 0 Å². The first-order chi connectivity index (χ1) is 10.1. The van der Waals surface area contributed by atoms with Crippen LogP contribution in [0.3, 0.4) is 0 Å². The maximum Gasteiger partial charge on any atom is 0.338 e. The van der Waals surface area contributed by atoms with Crippen LogP contribution in [0.25, 0.3) is 0 Å². The van der Waals surface area contributed by atoms with Gasteiger partial charge in [-0.1, -0.05) is 12.1 Å². The van der Waals surface area contributed by atoms with Crippen LogP contribution in [0.2, 0.25) is 0 Å². The van der Waals surface area contributed by atoms with E-state index in [4.69, 9.17) is 4.74 Å².